The summed E-state index contributed by atoms with van der Waals surface area (Å²) in [6, 6.07) is 14.7. The van der Waals surface area contributed by atoms with Gasteiger partial charge in [0, 0.05) is 20.1 Å². The molecule has 0 spiro atoms. The van der Waals surface area contributed by atoms with E-state index in [4.69, 9.17) is 5.14 Å². The summed E-state index contributed by atoms with van der Waals surface area (Å²) < 4.78 is 22.5. The standard InChI is InChI=1S/C17H22N4O2S.HI/c1-13-3-5-14(6-4-13)11-20-17(19-2)21-12-15-7-9-16(10-8-15)24(18,22)23;/h3-10H,11-12H2,1-2H3,(H2,18,22,23)(H2,19,20,21);1H. The van der Waals surface area contributed by atoms with E-state index in [0.29, 0.717) is 19.0 Å². The van der Waals surface area contributed by atoms with Crippen LogP contribution in [0.25, 0.3) is 0 Å². The monoisotopic (exact) mass is 474 g/mol. The van der Waals surface area contributed by atoms with Gasteiger partial charge in [-0.15, -0.1) is 24.0 Å². The van der Waals surface area contributed by atoms with E-state index in [1.54, 1.807) is 19.2 Å². The summed E-state index contributed by atoms with van der Waals surface area (Å²) in [6.45, 7) is 3.25. The van der Waals surface area contributed by atoms with Gasteiger partial charge >= 0.3 is 0 Å². The molecule has 0 saturated heterocycles. The molecule has 2 aromatic carbocycles. The highest BCUT2D eigenvalue weighted by molar-refractivity contribution is 14.0. The maximum absolute atomic E-state index is 11.2. The van der Waals surface area contributed by atoms with E-state index in [1.807, 2.05) is 0 Å². The van der Waals surface area contributed by atoms with E-state index >= 15 is 0 Å². The zero-order valence-electron chi connectivity index (χ0n) is 14.2. The van der Waals surface area contributed by atoms with Crippen LogP contribution in [0.5, 0.6) is 0 Å². The van der Waals surface area contributed by atoms with Crippen LogP contribution in [-0.2, 0) is 23.1 Å². The lowest BCUT2D eigenvalue weighted by molar-refractivity contribution is 0.597. The second-order valence-electron chi connectivity index (χ2n) is 5.45. The minimum absolute atomic E-state index is 0. The normalized spacial score (nSPS) is 11.6. The lowest BCUT2D eigenvalue weighted by atomic mass is 10.1. The molecule has 25 heavy (non-hydrogen) atoms. The first-order valence-corrected chi connectivity index (χ1v) is 9.05. The van der Waals surface area contributed by atoms with E-state index in [2.05, 4.69) is 46.8 Å². The molecule has 0 radical (unpaired) electrons. The van der Waals surface area contributed by atoms with E-state index < -0.39 is 10.0 Å². The van der Waals surface area contributed by atoms with Crippen molar-refractivity contribution in [1.29, 1.82) is 0 Å². The first kappa shape index (κ1) is 21.4. The first-order chi connectivity index (χ1) is 11.4. The lowest BCUT2D eigenvalue weighted by Gasteiger charge is -2.12. The fourth-order valence-corrected chi connectivity index (χ4v) is 2.61. The summed E-state index contributed by atoms with van der Waals surface area (Å²) in [5.74, 6) is 0.672. The smallest absolute Gasteiger partial charge is 0.238 e. The fraction of sp³-hybridized carbons (Fsp3) is 0.235. The Morgan fingerprint density at radius 3 is 1.80 bits per heavy atom. The van der Waals surface area contributed by atoms with Crippen molar-refractivity contribution in [2.24, 2.45) is 10.1 Å². The number of nitrogens with zero attached hydrogens (tertiary/aromatic N) is 1. The molecule has 0 aliphatic rings. The molecule has 136 valence electrons. The Bertz CT molecular complexity index is 804. The number of guanidine groups is 1. The zero-order valence-corrected chi connectivity index (χ0v) is 17.3. The number of aliphatic imine (C=N–C) groups is 1. The van der Waals surface area contributed by atoms with Crippen molar-refractivity contribution in [1.82, 2.24) is 10.6 Å². The van der Waals surface area contributed by atoms with Gasteiger partial charge in [-0.3, -0.25) is 4.99 Å². The fourth-order valence-electron chi connectivity index (χ4n) is 2.10. The molecule has 6 nitrogen and oxygen atoms in total. The Hall–Kier alpha value is -1.65. The minimum Gasteiger partial charge on any atom is -0.352 e. The number of rotatable bonds is 5. The van der Waals surface area contributed by atoms with Gasteiger partial charge in [-0.2, -0.15) is 0 Å². The molecule has 0 amide bonds. The van der Waals surface area contributed by atoms with Crippen LogP contribution in [0.3, 0.4) is 0 Å². The van der Waals surface area contributed by atoms with Crippen LogP contribution in [0, 0.1) is 6.92 Å². The van der Waals surface area contributed by atoms with Gasteiger partial charge in [0.25, 0.3) is 0 Å². The number of benzene rings is 2. The Balaban J connectivity index is 0.00000312. The lowest BCUT2D eigenvalue weighted by Crippen LogP contribution is -2.36. The van der Waals surface area contributed by atoms with E-state index in [9.17, 15) is 8.42 Å². The van der Waals surface area contributed by atoms with Gasteiger partial charge in [-0.1, -0.05) is 42.0 Å². The minimum atomic E-state index is -3.65. The van der Waals surface area contributed by atoms with Crippen molar-refractivity contribution in [2.75, 3.05) is 7.05 Å². The summed E-state index contributed by atoms with van der Waals surface area (Å²) in [5, 5.41) is 11.5. The molecule has 0 aromatic heterocycles. The molecule has 2 aromatic rings. The van der Waals surface area contributed by atoms with Gasteiger partial charge in [0.15, 0.2) is 5.96 Å². The van der Waals surface area contributed by atoms with E-state index in [1.165, 1.54) is 23.3 Å². The molecule has 0 heterocycles. The Labute approximate surface area is 166 Å². The molecule has 2 rings (SSSR count). The number of nitrogens with two attached hydrogens (primary N) is 1. The van der Waals surface area contributed by atoms with E-state index in [0.717, 1.165) is 5.56 Å². The van der Waals surface area contributed by atoms with Crippen molar-refractivity contribution in [3.05, 3.63) is 65.2 Å². The molecule has 0 fully saturated rings. The highest BCUT2D eigenvalue weighted by atomic mass is 127. The number of hydrogen-bond acceptors (Lipinski definition) is 3. The first-order valence-electron chi connectivity index (χ1n) is 7.50. The maximum atomic E-state index is 11.2. The summed E-state index contributed by atoms with van der Waals surface area (Å²) in [6.07, 6.45) is 0. The number of aryl methyl sites for hydroxylation is 1. The topological polar surface area (TPSA) is 96.6 Å². The largest absolute Gasteiger partial charge is 0.352 e. The van der Waals surface area contributed by atoms with Crippen molar-refractivity contribution in [3.8, 4) is 0 Å². The quantitative estimate of drug-likeness (QED) is 0.352. The predicted molar refractivity (Wildman–Crippen MR) is 111 cm³/mol. The third kappa shape index (κ3) is 7.00. The van der Waals surface area contributed by atoms with Gasteiger partial charge in [0.05, 0.1) is 4.90 Å². The number of halogens is 1. The van der Waals surface area contributed by atoms with Crippen LogP contribution < -0.4 is 15.8 Å². The van der Waals surface area contributed by atoms with Gasteiger partial charge in [0.2, 0.25) is 10.0 Å². The SMILES string of the molecule is CN=C(NCc1ccc(C)cc1)NCc1ccc(S(N)(=O)=O)cc1.I. The van der Waals surface area contributed by atoms with Gasteiger partial charge in [0.1, 0.15) is 0 Å². The number of sulfonamides is 1. The zero-order chi connectivity index (χ0) is 17.6. The third-order valence-electron chi connectivity index (χ3n) is 3.52. The van der Waals surface area contributed by atoms with Gasteiger partial charge in [-0.05, 0) is 30.2 Å². The highest BCUT2D eigenvalue weighted by Crippen LogP contribution is 2.08. The summed E-state index contributed by atoms with van der Waals surface area (Å²) in [4.78, 5) is 4.28. The predicted octanol–water partition coefficient (Wildman–Crippen LogP) is 2.13. The van der Waals surface area contributed by atoms with Crippen LogP contribution in [0.4, 0.5) is 0 Å². The molecule has 0 unspecified atom stereocenters. The second-order valence-corrected chi connectivity index (χ2v) is 7.02. The summed E-state index contributed by atoms with van der Waals surface area (Å²) in [7, 11) is -1.95. The highest BCUT2D eigenvalue weighted by Gasteiger charge is 2.06. The summed E-state index contributed by atoms with van der Waals surface area (Å²) >= 11 is 0. The molecule has 4 N–H and O–H groups in total. The van der Waals surface area contributed by atoms with Crippen LogP contribution in [0.1, 0.15) is 16.7 Å². The molecule has 0 aliphatic carbocycles. The third-order valence-corrected chi connectivity index (χ3v) is 4.45. The van der Waals surface area contributed by atoms with Crippen LogP contribution in [0.15, 0.2) is 58.4 Å². The Morgan fingerprint density at radius 2 is 1.40 bits per heavy atom. The molecule has 0 aliphatic heterocycles. The van der Waals surface area contributed by atoms with Crippen molar-refractivity contribution >= 4 is 40.0 Å². The Kier molecular flexibility index (Phi) is 8.33. The van der Waals surface area contributed by atoms with Gasteiger partial charge < -0.3 is 10.6 Å². The van der Waals surface area contributed by atoms with Crippen molar-refractivity contribution in [2.45, 2.75) is 24.9 Å². The van der Waals surface area contributed by atoms with Gasteiger partial charge in [-0.25, -0.2) is 13.6 Å². The average Bonchev–Trinajstić information content (AvgIpc) is 2.56. The number of primary sulfonamides is 1. The number of nitrogens with one attached hydrogen (secondary N) is 2. The second kappa shape index (κ2) is 9.73. The number of hydrogen-bond donors (Lipinski definition) is 3. The van der Waals surface area contributed by atoms with Crippen molar-refractivity contribution < 1.29 is 8.42 Å². The molecule has 0 atom stereocenters. The summed E-state index contributed by atoms with van der Waals surface area (Å²) in [5.41, 5.74) is 3.32. The maximum Gasteiger partial charge on any atom is 0.238 e. The molecular weight excluding hydrogens is 451 g/mol. The molecule has 0 saturated carbocycles. The van der Waals surface area contributed by atoms with Crippen LogP contribution >= 0.6 is 24.0 Å². The molecule has 8 heteroatoms. The van der Waals surface area contributed by atoms with E-state index in [-0.39, 0.29) is 28.9 Å². The Morgan fingerprint density at radius 1 is 0.960 bits per heavy atom. The van der Waals surface area contributed by atoms with Crippen LogP contribution in [0.2, 0.25) is 0 Å². The molecular formula is C17H23IN4O2S. The molecule has 0 bridgehead atoms. The van der Waals surface area contributed by atoms with Crippen LogP contribution in [-0.4, -0.2) is 21.4 Å². The average molecular weight is 474 g/mol. The van der Waals surface area contributed by atoms with Crippen molar-refractivity contribution in [3.63, 3.8) is 0 Å².